The highest BCUT2D eigenvalue weighted by Gasteiger charge is 2.37. The summed E-state index contributed by atoms with van der Waals surface area (Å²) in [5.41, 5.74) is 0.707. The van der Waals surface area contributed by atoms with Gasteiger partial charge in [0.15, 0.2) is 6.10 Å². The molecule has 2 saturated heterocycles. The first-order chi connectivity index (χ1) is 14.7. The molecule has 1 aromatic heterocycles. The number of likely N-dealkylation sites (tertiary alicyclic amines) is 1. The first-order valence-corrected chi connectivity index (χ1v) is 10.2. The smallest absolute Gasteiger partial charge is 0.254 e. The van der Waals surface area contributed by atoms with E-state index in [0.29, 0.717) is 30.4 Å². The number of carbonyl (C=O) groups excluding carboxylic acids is 1. The number of hydrogen-bond acceptors (Lipinski definition) is 6. The summed E-state index contributed by atoms with van der Waals surface area (Å²) < 4.78 is 30.3. The van der Waals surface area contributed by atoms with Crippen molar-refractivity contribution in [1.82, 2.24) is 15.0 Å². The van der Waals surface area contributed by atoms with Gasteiger partial charge in [-0.15, -0.1) is 0 Å². The lowest BCUT2D eigenvalue weighted by Gasteiger charge is -2.38. The van der Waals surface area contributed by atoms with Crippen molar-refractivity contribution in [3.63, 3.8) is 0 Å². The minimum absolute atomic E-state index is 0.0348. The number of aromatic nitrogens is 2. The van der Waals surface area contributed by atoms with Crippen LogP contribution >= 0.6 is 0 Å². The largest absolute Gasteiger partial charge is 0.368 e. The van der Waals surface area contributed by atoms with Crippen LogP contribution in [0, 0.1) is 5.82 Å². The third kappa shape index (κ3) is 3.80. The molecule has 7 nitrogen and oxygen atoms in total. The Morgan fingerprint density at radius 1 is 1.07 bits per heavy atom. The molecule has 2 aromatic rings. The molecule has 2 aliphatic heterocycles. The van der Waals surface area contributed by atoms with Crippen LogP contribution in [0.15, 0.2) is 53.1 Å². The molecule has 3 aliphatic rings. The number of piperidine rings is 1. The van der Waals surface area contributed by atoms with Crippen LogP contribution in [0.3, 0.4) is 0 Å². The van der Waals surface area contributed by atoms with Crippen LogP contribution in [0.4, 0.5) is 4.39 Å². The number of carbonyl (C=O) groups is 1. The highest BCUT2D eigenvalue weighted by molar-refractivity contribution is 5.81. The predicted molar refractivity (Wildman–Crippen MR) is 105 cm³/mol. The second-order valence-corrected chi connectivity index (χ2v) is 7.72. The Hall–Kier alpha value is -2.84. The van der Waals surface area contributed by atoms with Gasteiger partial charge in [0.05, 0.1) is 6.61 Å². The number of rotatable bonds is 3. The van der Waals surface area contributed by atoms with Crippen molar-refractivity contribution >= 4 is 5.91 Å². The van der Waals surface area contributed by atoms with Crippen molar-refractivity contribution in [3.05, 3.63) is 60.3 Å². The molecule has 3 atom stereocenters. The molecule has 1 amide bonds. The van der Waals surface area contributed by atoms with Gasteiger partial charge < -0.3 is 18.9 Å². The van der Waals surface area contributed by atoms with E-state index in [9.17, 15) is 9.18 Å². The third-order valence-electron chi connectivity index (χ3n) is 5.77. The first-order valence-electron chi connectivity index (χ1n) is 10.2. The number of amides is 1. The Labute approximate surface area is 173 Å². The SMILES string of the molecule is O=C(C1COC2C=CC=CC2O1)N1CCC(c2nc(-c3ccc(F)cc3)no2)CC1. The standard InChI is InChI=1S/C22H22FN3O4/c23-16-7-5-14(6-8-16)20-24-21(30-25-20)15-9-11-26(12-10-15)22(27)19-13-28-17-3-1-2-4-18(17)29-19/h1-8,15,17-19H,9-13H2. The summed E-state index contributed by atoms with van der Waals surface area (Å²) in [6.07, 6.45) is 8.28. The van der Waals surface area contributed by atoms with Gasteiger partial charge in [0.2, 0.25) is 11.7 Å². The summed E-state index contributed by atoms with van der Waals surface area (Å²) >= 11 is 0. The maximum Gasteiger partial charge on any atom is 0.254 e. The van der Waals surface area contributed by atoms with E-state index in [1.807, 2.05) is 29.2 Å². The maximum atomic E-state index is 13.1. The number of fused-ring (bicyclic) bond motifs is 1. The summed E-state index contributed by atoms with van der Waals surface area (Å²) in [4.78, 5) is 19.2. The fraction of sp³-hybridized carbons (Fsp3) is 0.409. The summed E-state index contributed by atoms with van der Waals surface area (Å²) in [5, 5.41) is 4.02. The molecule has 30 heavy (non-hydrogen) atoms. The fourth-order valence-corrected chi connectivity index (χ4v) is 4.06. The third-order valence-corrected chi connectivity index (χ3v) is 5.77. The topological polar surface area (TPSA) is 77.7 Å². The number of halogens is 1. The molecule has 1 aliphatic carbocycles. The Kier molecular flexibility index (Phi) is 5.18. The van der Waals surface area contributed by atoms with Gasteiger partial charge in [0, 0.05) is 24.6 Å². The second-order valence-electron chi connectivity index (χ2n) is 7.72. The fourth-order valence-electron chi connectivity index (χ4n) is 4.06. The lowest BCUT2D eigenvalue weighted by atomic mass is 9.96. The molecule has 8 heteroatoms. The van der Waals surface area contributed by atoms with E-state index in [-0.39, 0.29) is 36.5 Å². The molecule has 3 heterocycles. The molecular weight excluding hydrogens is 389 g/mol. The molecule has 0 N–H and O–H groups in total. The number of benzene rings is 1. The van der Waals surface area contributed by atoms with Crippen LogP contribution < -0.4 is 0 Å². The lowest BCUT2D eigenvalue weighted by Crippen LogP contribution is -2.52. The highest BCUT2D eigenvalue weighted by Crippen LogP contribution is 2.30. The number of hydrogen-bond donors (Lipinski definition) is 0. The first kappa shape index (κ1) is 19.1. The van der Waals surface area contributed by atoms with Gasteiger partial charge in [-0.25, -0.2) is 4.39 Å². The number of ether oxygens (including phenoxy) is 2. The van der Waals surface area contributed by atoms with Crippen LogP contribution in [0.1, 0.15) is 24.7 Å². The molecule has 0 bridgehead atoms. The molecular formula is C22H22FN3O4. The molecule has 2 fully saturated rings. The highest BCUT2D eigenvalue weighted by atomic mass is 19.1. The van der Waals surface area contributed by atoms with Gasteiger partial charge in [-0.3, -0.25) is 4.79 Å². The predicted octanol–water partition coefficient (Wildman–Crippen LogP) is 2.86. The minimum Gasteiger partial charge on any atom is -0.368 e. The minimum atomic E-state index is -0.576. The van der Waals surface area contributed by atoms with Gasteiger partial charge in [-0.05, 0) is 37.1 Å². The van der Waals surface area contributed by atoms with Crippen molar-refractivity contribution in [1.29, 1.82) is 0 Å². The Morgan fingerprint density at radius 3 is 2.57 bits per heavy atom. The average molecular weight is 411 g/mol. The van der Waals surface area contributed by atoms with Gasteiger partial charge in [-0.1, -0.05) is 29.5 Å². The molecule has 0 spiro atoms. The van der Waals surface area contributed by atoms with Crippen LogP contribution in [-0.4, -0.2) is 59.0 Å². The van der Waals surface area contributed by atoms with Crippen molar-refractivity contribution in [2.24, 2.45) is 0 Å². The lowest BCUT2D eigenvalue weighted by molar-refractivity contribution is -0.177. The van der Waals surface area contributed by atoms with E-state index in [4.69, 9.17) is 14.0 Å². The summed E-state index contributed by atoms with van der Waals surface area (Å²) in [6.45, 7) is 1.46. The quantitative estimate of drug-likeness (QED) is 0.773. The number of allylic oxidation sites excluding steroid dienone is 2. The molecule has 156 valence electrons. The van der Waals surface area contributed by atoms with E-state index in [2.05, 4.69) is 10.1 Å². The Bertz CT molecular complexity index is 963. The van der Waals surface area contributed by atoms with Crippen LogP contribution in [0.5, 0.6) is 0 Å². The van der Waals surface area contributed by atoms with E-state index < -0.39 is 6.10 Å². The summed E-state index contributed by atoms with van der Waals surface area (Å²) in [5.74, 6) is 0.752. The van der Waals surface area contributed by atoms with E-state index in [0.717, 1.165) is 12.8 Å². The van der Waals surface area contributed by atoms with E-state index >= 15 is 0 Å². The van der Waals surface area contributed by atoms with Gasteiger partial charge in [0.25, 0.3) is 5.91 Å². The molecule has 0 radical (unpaired) electrons. The van der Waals surface area contributed by atoms with Crippen LogP contribution in [-0.2, 0) is 14.3 Å². The normalized spacial score (nSPS) is 26.6. The van der Waals surface area contributed by atoms with E-state index in [1.165, 1.54) is 12.1 Å². The Balaban J connectivity index is 1.18. The van der Waals surface area contributed by atoms with Crippen LogP contribution in [0.2, 0.25) is 0 Å². The summed E-state index contributed by atoms with van der Waals surface area (Å²) in [7, 11) is 0. The zero-order valence-corrected chi connectivity index (χ0v) is 16.3. The van der Waals surface area contributed by atoms with Gasteiger partial charge in [0.1, 0.15) is 18.0 Å². The molecule has 0 saturated carbocycles. The average Bonchev–Trinajstić information content (AvgIpc) is 3.29. The maximum absolute atomic E-state index is 13.1. The van der Waals surface area contributed by atoms with E-state index in [1.54, 1.807) is 12.1 Å². The molecule has 5 rings (SSSR count). The van der Waals surface area contributed by atoms with Gasteiger partial charge >= 0.3 is 0 Å². The van der Waals surface area contributed by atoms with Crippen molar-refractivity contribution in [3.8, 4) is 11.4 Å². The van der Waals surface area contributed by atoms with Crippen LogP contribution in [0.25, 0.3) is 11.4 Å². The van der Waals surface area contributed by atoms with Gasteiger partial charge in [-0.2, -0.15) is 4.98 Å². The van der Waals surface area contributed by atoms with Crippen molar-refractivity contribution in [2.75, 3.05) is 19.7 Å². The zero-order valence-electron chi connectivity index (χ0n) is 16.3. The second kappa shape index (κ2) is 8.12. The molecule has 1 aromatic carbocycles. The van der Waals surface area contributed by atoms with Crippen molar-refractivity contribution < 1.29 is 23.2 Å². The monoisotopic (exact) mass is 411 g/mol. The summed E-state index contributed by atoms with van der Waals surface area (Å²) in [6, 6.07) is 5.99. The zero-order chi connectivity index (χ0) is 20.5. The van der Waals surface area contributed by atoms with Crippen molar-refractivity contribution in [2.45, 2.75) is 37.1 Å². The number of nitrogens with zero attached hydrogens (tertiary/aromatic N) is 3. The molecule has 3 unspecified atom stereocenters. The Morgan fingerprint density at radius 2 is 1.80 bits per heavy atom.